The largest absolute Gasteiger partial charge is 0.340 e. The van der Waals surface area contributed by atoms with Gasteiger partial charge >= 0.3 is 0 Å². The van der Waals surface area contributed by atoms with E-state index < -0.39 is 10.2 Å². The lowest BCUT2D eigenvalue weighted by molar-refractivity contribution is -0.133. The Morgan fingerprint density at radius 2 is 1.90 bits per heavy atom. The molecule has 8 heteroatoms. The number of piperazine rings is 1. The molecule has 2 aliphatic heterocycles. The first-order valence-electron chi connectivity index (χ1n) is 7.07. The van der Waals surface area contributed by atoms with Gasteiger partial charge in [-0.2, -0.15) is 17.0 Å². The van der Waals surface area contributed by atoms with Crippen molar-refractivity contribution in [2.75, 3.05) is 53.4 Å². The quantitative estimate of drug-likeness (QED) is 0.718. The maximum atomic E-state index is 12.2. The van der Waals surface area contributed by atoms with Crippen LogP contribution in [0.4, 0.5) is 0 Å². The van der Waals surface area contributed by atoms with E-state index in [0.717, 1.165) is 19.5 Å². The molecule has 1 atom stereocenters. The summed E-state index contributed by atoms with van der Waals surface area (Å²) in [6.45, 7) is 3.66. The van der Waals surface area contributed by atoms with Crippen LogP contribution in [0.25, 0.3) is 0 Å². The summed E-state index contributed by atoms with van der Waals surface area (Å²) in [7, 11) is -0.297. The maximum absolute atomic E-state index is 12.2. The first kappa shape index (κ1) is 15.7. The summed E-state index contributed by atoms with van der Waals surface area (Å²) in [5.41, 5.74) is 0. The van der Waals surface area contributed by atoms with Crippen LogP contribution in [-0.4, -0.2) is 81.2 Å². The molecule has 7 nitrogen and oxygen atoms in total. The lowest BCUT2D eigenvalue weighted by Crippen LogP contribution is -2.53. The van der Waals surface area contributed by atoms with Gasteiger partial charge < -0.3 is 10.2 Å². The third-order valence-corrected chi connectivity index (χ3v) is 5.95. The molecule has 0 aromatic carbocycles. The number of rotatable bonds is 4. The van der Waals surface area contributed by atoms with E-state index in [0.29, 0.717) is 38.5 Å². The van der Waals surface area contributed by atoms with E-state index >= 15 is 0 Å². The minimum atomic E-state index is -3.35. The molecule has 0 spiro atoms. The lowest BCUT2D eigenvalue weighted by Gasteiger charge is -2.35. The molecule has 0 aromatic rings. The molecule has 0 saturated carbocycles. The fraction of sp³-hybridized carbons (Fsp3) is 0.917. The highest BCUT2D eigenvalue weighted by molar-refractivity contribution is 7.86. The molecule has 1 unspecified atom stereocenters. The van der Waals surface area contributed by atoms with Gasteiger partial charge in [0.15, 0.2) is 0 Å². The Morgan fingerprint density at radius 1 is 1.25 bits per heavy atom. The Labute approximate surface area is 121 Å². The molecular formula is C12H24N4O3S. The van der Waals surface area contributed by atoms with Crippen molar-refractivity contribution in [3.05, 3.63) is 0 Å². The number of nitrogens with zero attached hydrogens (tertiary/aromatic N) is 3. The summed E-state index contributed by atoms with van der Waals surface area (Å²) >= 11 is 0. The third kappa shape index (κ3) is 3.49. The molecule has 116 valence electrons. The molecule has 2 fully saturated rings. The maximum Gasteiger partial charge on any atom is 0.281 e. The first-order chi connectivity index (χ1) is 9.41. The van der Waals surface area contributed by atoms with E-state index in [2.05, 4.69) is 5.32 Å². The van der Waals surface area contributed by atoms with Crippen LogP contribution in [0.15, 0.2) is 0 Å². The Balaban J connectivity index is 1.83. The Bertz CT molecular complexity index is 438. The highest BCUT2D eigenvalue weighted by atomic mass is 32.2. The zero-order valence-electron chi connectivity index (χ0n) is 12.2. The molecule has 2 heterocycles. The fourth-order valence-corrected chi connectivity index (χ4v) is 3.75. The van der Waals surface area contributed by atoms with Gasteiger partial charge in [0.25, 0.3) is 10.2 Å². The smallest absolute Gasteiger partial charge is 0.281 e. The van der Waals surface area contributed by atoms with Gasteiger partial charge in [-0.05, 0) is 25.4 Å². The van der Waals surface area contributed by atoms with E-state index in [1.807, 2.05) is 0 Å². The van der Waals surface area contributed by atoms with E-state index in [4.69, 9.17) is 0 Å². The van der Waals surface area contributed by atoms with Gasteiger partial charge in [-0.15, -0.1) is 0 Å². The van der Waals surface area contributed by atoms with Crippen molar-refractivity contribution in [2.45, 2.75) is 12.8 Å². The van der Waals surface area contributed by atoms with Gasteiger partial charge in [-0.3, -0.25) is 4.79 Å². The summed E-state index contributed by atoms with van der Waals surface area (Å²) in [6.07, 6.45) is 1.63. The van der Waals surface area contributed by atoms with Crippen LogP contribution in [-0.2, 0) is 15.0 Å². The minimum absolute atomic E-state index is 0.153. The SMILES string of the molecule is CN(C)S(=O)(=O)N1CCN(C(=O)CC2CCNC2)CC1. The normalized spacial score (nSPS) is 25.4. The van der Waals surface area contributed by atoms with E-state index in [-0.39, 0.29) is 5.91 Å². The molecule has 1 amide bonds. The van der Waals surface area contributed by atoms with E-state index in [1.54, 1.807) is 4.90 Å². The van der Waals surface area contributed by atoms with Crippen molar-refractivity contribution in [3.63, 3.8) is 0 Å². The summed E-state index contributed by atoms with van der Waals surface area (Å²) < 4.78 is 26.6. The monoisotopic (exact) mass is 304 g/mol. The van der Waals surface area contributed by atoms with Gasteiger partial charge in [-0.1, -0.05) is 0 Å². The second kappa shape index (κ2) is 6.38. The van der Waals surface area contributed by atoms with E-state index in [1.165, 1.54) is 22.7 Å². The van der Waals surface area contributed by atoms with Crippen molar-refractivity contribution in [2.24, 2.45) is 5.92 Å². The highest BCUT2D eigenvalue weighted by Crippen LogP contribution is 2.16. The molecular weight excluding hydrogens is 280 g/mol. The predicted octanol–water partition coefficient (Wildman–Crippen LogP) is -1.06. The zero-order chi connectivity index (χ0) is 14.8. The van der Waals surface area contributed by atoms with Crippen LogP contribution in [0.1, 0.15) is 12.8 Å². The number of nitrogens with one attached hydrogen (secondary N) is 1. The molecule has 0 aliphatic carbocycles. The van der Waals surface area contributed by atoms with Crippen molar-refractivity contribution in [1.82, 2.24) is 18.8 Å². The lowest BCUT2D eigenvalue weighted by atomic mass is 10.0. The molecule has 0 bridgehead atoms. The summed E-state index contributed by atoms with van der Waals surface area (Å²) in [6, 6.07) is 0. The average Bonchev–Trinajstić information content (AvgIpc) is 2.91. The average molecular weight is 304 g/mol. The molecule has 20 heavy (non-hydrogen) atoms. The molecule has 2 saturated heterocycles. The van der Waals surface area contributed by atoms with Crippen LogP contribution in [0.5, 0.6) is 0 Å². The van der Waals surface area contributed by atoms with Gasteiger partial charge in [0.2, 0.25) is 5.91 Å². The second-order valence-electron chi connectivity index (χ2n) is 5.63. The summed E-state index contributed by atoms with van der Waals surface area (Å²) in [5.74, 6) is 0.589. The summed E-state index contributed by atoms with van der Waals surface area (Å²) in [4.78, 5) is 14.0. The fourth-order valence-electron chi connectivity index (χ4n) is 2.66. The Kier molecular flexibility index (Phi) is 5.00. The van der Waals surface area contributed by atoms with E-state index in [9.17, 15) is 13.2 Å². The van der Waals surface area contributed by atoms with Crippen LogP contribution >= 0.6 is 0 Å². The van der Waals surface area contributed by atoms with Gasteiger partial charge in [-0.25, -0.2) is 0 Å². The summed E-state index contributed by atoms with van der Waals surface area (Å²) in [5, 5.41) is 3.26. The second-order valence-corrected chi connectivity index (χ2v) is 7.78. The number of hydrogen-bond acceptors (Lipinski definition) is 4. The molecule has 0 radical (unpaired) electrons. The topological polar surface area (TPSA) is 73.0 Å². The van der Waals surface area contributed by atoms with Gasteiger partial charge in [0, 0.05) is 46.7 Å². The zero-order valence-corrected chi connectivity index (χ0v) is 13.0. The molecule has 2 aliphatic rings. The van der Waals surface area contributed by atoms with Crippen molar-refractivity contribution in [3.8, 4) is 0 Å². The molecule has 1 N–H and O–H groups in total. The van der Waals surface area contributed by atoms with Crippen LogP contribution < -0.4 is 5.32 Å². The number of amides is 1. The highest BCUT2D eigenvalue weighted by Gasteiger charge is 2.31. The first-order valence-corrected chi connectivity index (χ1v) is 8.47. The molecule has 0 aromatic heterocycles. The standard InChI is InChI=1S/C12H24N4O3S/c1-14(2)20(18,19)16-7-5-15(6-8-16)12(17)9-11-3-4-13-10-11/h11,13H,3-10H2,1-2H3. The van der Waals surface area contributed by atoms with Crippen LogP contribution in [0.3, 0.4) is 0 Å². The Hall–Kier alpha value is -0.700. The Morgan fingerprint density at radius 3 is 2.40 bits per heavy atom. The van der Waals surface area contributed by atoms with Gasteiger partial charge in [0.1, 0.15) is 0 Å². The number of carbonyl (C=O) groups excluding carboxylic acids is 1. The van der Waals surface area contributed by atoms with Crippen LogP contribution in [0, 0.1) is 5.92 Å². The molecule has 2 rings (SSSR count). The van der Waals surface area contributed by atoms with Crippen LogP contribution in [0.2, 0.25) is 0 Å². The van der Waals surface area contributed by atoms with Crippen molar-refractivity contribution >= 4 is 16.1 Å². The van der Waals surface area contributed by atoms with Crippen molar-refractivity contribution in [1.29, 1.82) is 0 Å². The number of carbonyl (C=O) groups is 1. The number of hydrogen-bond donors (Lipinski definition) is 1. The van der Waals surface area contributed by atoms with Crippen molar-refractivity contribution < 1.29 is 13.2 Å². The predicted molar refractivity (Wildman–Crippen MR) is 76.4 cm³/mol. The minimum Gasteiger partial charge on any atom is -0.340 e. The van der Waals surface area contributed by atoms with Gasteiger partial charge in [0.05, 0.1) is 0 Å². The third-order valence-electron chi connectivity index (χ3n) is 4.00.